The summed E-state index contributed by atoms with van der Waals surface area (Å²) in [5.41, 5.74) is 3.96. The van der Waals surface area contributed by atoms with Gasteiger partial charge in [0.1, 0.15) is 6.54 Å². The highest BCUT2D eigenvalue weighted by Crippen LogP contribution is 2.26. The Labute approximate surface area is 238 Å². The van der Waals surface area contributed by atoms with Gasteiger partial charge in [0.2, 0.25) is 5.91 Å². The number of aromatic nitrogens is 1. The average molecular weight is 548 g/mol. The first-order valence-corrected chi connectivity index (χ1v) is 14.9. The summed E-state index contributed by atoms with van der Waals surface area (Å²) in [7, 11) is 0. The van der Waals surface area contributed by atoms with Crippen LogP contribution in [0.4, 0.5) is 0 Å². The van der Waals surface area contributed by atoms with E-state index in [0.717, 1.165) is 54.8 Å². The second-order valence-corrected chi connectivity index (χ2v) is 11.2. The molecule has 1 atom stereocenters. The second-order valence-electron chi connectivity index (χ2n) is 10.8. The summed E-state index contributed by atoms with van der Waals surface area (Å²) >= 11 is 6.45. The SMILES string of the molecule is CCc1ccc(C(=O)N(CC(=O)N(Cc2cccn2Cc2ccccc2Cl)C2CCCCC2)C(C)CC)cc1. The molecule has 1 aliphatic carbocycles. The predicted molar refractivity (Wildman–Crippen MR) is 159 cm³/mol. The van der Waals surface area contributed by atoms with E-state index in [1.165, 1.54) is 12.0 Å². The summed E-state index contributed by atoms with van der Waals surface area (Å²) in [6.45, 7) is 7.47. The second kappa shape index (κ2) is 13.8. The molecule has 4 rings (SSSR count). The van der Waals surface area contributed by atoms with Gasteiger partial charge in [-0.3, -0.25) is 9.59 Å². The predicted octanol–water partition coefficient (Wildman–Crippen LogP) is 7.35. The molecule has 2 amide bonds. The monoisotopic (exact) mass is 547 g/mol. The number of hydrogen-bond donors (Lipinski definition) is 0. The molecule has 1 saturated carbocycles. The number of halogens is 1. The molecule has 1 heterocycles. The van der Waals surface area contributed by atoms with E-state index in [9.17, 15) is 9.59 Å². The van der Waals surface area contributed by atoms with Crippen LogP contribution >= 0.6 is 11.6 Å². The van der Waals surface area contributed by atoms with Gasteiger partial charge in [-0.2, -0.15) is 0 Å². The fraction of sp³-hybridized carbons (Fsp3) is 0.455. The van der Waals surface area contributed by atoms with Gasteiger partial charge in [-0.15, -0.1) is 0 Å². The summed E-state index contributed by atoms with van der Waals surface area (Å²) < 4.78 is 2.18. The maximum Gasteiger partial charge on any atom is 0.254 e. The average Bonchev–Trinajstić information content (AvgIpc) is 3.41. The van der Waals surface area contributed by atoms with Gasteiger partial charge in [-0.1, -0.05) is 75.0 Å². The first-order chi connectivity index (χ1) is 18.9. The molecule has 3 aromatic rings. The van der Waals surface area contributed by atoms with Gasteiger partial charge in [-0.05, 0) is 74.1 Å². The Morgan fingerprint density at radius 2 is 1.69 bits per heavy atom. The molecule has 208 valence electrons. The number of nitrogens with zero attached hydrogens (tertiary/aromatic N) is 3. The van der Waals surface area contributed by atoms with E-state index in [2.05, 4.69) is 30.7 Å². The van der Waals surface area contributed by atoms with Crippen molar-refractivity contribution in [3.05, 3.63) is 94.3 Å². The molecule has 0 bridgehead atoms. The van der Waals surface area contributed by atoms with Crippen LogP contribution in [0, 0.1) is 0 Å². The van der Waals surface area contributed by atoms with Crippen molar-refractivity contribution in [2.75, 3.05) is 6.54 Å². The van der Waals surface area contributed by atoms with Crippen molar-refractivity contribution in [2.45, 2.75) is 90.9 Å². The lowest BCUT2D eigenvalue weighted by molar-refractivity contribution is -0.136. The molecule has 1 aromatic heterocycles. The van der Waals surface area contributed by atoms with Crippen molar-refractivity contribution < 1.29 is 9.59 Å². The Hall–Kier alpha value is -3.05. The van der Waals surface area contributed by atoms with Gasteiger partial charge in [0.05, 0.1) is 6.54 Å². The maximum absolute atomic E-state index is 14.1. The molecule has 6 heteroatoms. The molecule has 1 fully saturated rings. The molecule has 0 radical (unpaired) electrons. The lowest BCUT2D eigenvalue weighted by atomic mass is 9.94. The van der Waals surface area contributed by atoms with Gasteiger partial charge in [0.15, 0.2) is 0 Å². The fourth-order valence-electron chi connectivity index (χ4n) is 5.48. The quantitative estimate of drug-likeness (QED) is 0.252. The molecule has 1 unspecified atom stereocenters. The third kappa shape index (κ3) is 7.33. The highest BCUT2D eigenvalue weighted by atomic mass is 35.5. The first-order valence-electron chi connectivity index (χ1n) is 14.5. The minimum Gasteiger partial charge on any atom is -0.345 e. The highest BCUT2D eigenvalue weighted by molar-refractivity contribution is 6.31. The van der Waals surface area contributed by atoms with Crippen molar-refractivity contribution in [2.24, 2.45) is 0 Å². The topological polar surface area (TPSA) is 45.6 Å². The number of rotatable bonds is 11. The molecule has 39 heavy (non-hydrogen) atoms. The molecular weight excluding hydrogens is 506 g/mol. The van der Waals surface area contributed by atoms with Crippen LogP contribution in [-0.4, -0.2) is 44.8 Å². The van der Waals surface area contributed by atoms with Crippen molar-refractivity contribution in [1.82, 2.24) is 14.4 Å². The number of benzene rings is 2. The van der Waals surface area contributed by atoms with Gasteiger partial charge in [0, 0.05) is 41.1 Å². The standard InChI is InChI=1S/C33H42ClN3O2/c1-4-25(3)36(33(39)27-19-17-26(5-2)18-20-27)24-32(38)37(29-13-7-6-8-14-29)23-30-15-11-21-35(30)22-28-12-9-10-16-31(28)34/h9-12,15-21,25,29H,4-8,13-14,22-24H2,1-3H3. The molecule has 0 saturated heterocycles. The van der Waals surface area contributed by atoms with E-state index >= 15 is 0 Å². The Balaban J connectivity index is 1.57. The van der Waals surface area contributed by atoms with Crippen LogP contribution in [0.5, 0.6) is 0 Å². The van der Waals surface area contributed by atoms with E-state index in [1.807, 2.05) is 66.4 Å². The molecular formula is C33H42ClN3O2. The van der Waals surface area contributed by atoms with E-state index < -0.39 is 0 Å². The molecule has 5 nitrogen and oxygen atoms in total. The lowest BCUT2D eigenvalue weighted by Gasteiger charge is -2.37. The fourth-order valence-corrected chi connectivity index (χ4v) is 5.67. The van der Waals surface area contributed by atoms with Gasteiger partial charge < -0.3 is 14.4 Å². The Morgan fingerprint density at radius 1 is 0.974 bits per heavy atom. The number of carbonyl (C=O) groups is 2. The molecule has 1 aliphatic rings. The normalized spacial score (nSPS) is 14.7. The summed E-state index contributed by atoms with van der Waals surface area (Å²) in [5.74, 6) is -0.0581. The smallest absolute Gasteiger partial charge is 0.254 e. The van der Waals surface area contributed by atoms with Crippen molar-refractivity contribution in [3.8, 4) is 0 Å². The summed E-state index contributed by atoms with van der Waals surface area (Å²) in [4.78, 5) is 31.5. The van der Waals surface area contributed by atoms with Crippen molar-refractivity contribution in [3.63, 3.8) is 0 Å². The van der Waals surface area contributed by atoms with E-state index in [4.69, 9.17) is 11.6 Å². The van der Waals surface area contributed by atoms with Crippen LogP contribution in [0.3, 0.4) is 0 Å². The van der Waals surface area contributed by atoms with E-state index in [1.54, 1.807) is 4.90 Å². The van der Waals surface area contributed by atoms with Crippen LogP contribution < -0.4 is 0 Å². The number of aryl methyl sites for hydroxylation is 1. The van der Waals surface area contributed by atoms with Crippen LogP contribution in [0.1, 0.15) is 86.5 Å². The molecule has 0 N–H and O–H groups in total. The number of hydrogen-bond acceptors (Lipinski definition) is 2. The highest BCUT2D eigenvalue weighted by Gasteiger charge is 2.30. The molecule has 0 aliphatic heterocycles. The molecule has 2 aromatic carbocycles. The van der Waals surface area contributed by atoms with Gasteiger partial charge >= 0.3 is 0 Å². The van der Waals surface area contributed by atoms with Crippen LogP contribution in [0.25, 0.3) is 0 Å². The van der Waals surface area contributed by atoms with E-state index in [0.29, 0.717) is 18.7 Å². The minimum absolute atomic E-state index is 0.0196. The summed E-state index contributed by atoms with van der Waals surface area (Å²) in [6, 6.07) is 20.0. The zero-order valence-corrected chi connectivity index (χ0v) is 24.4. The summed E-state index contributed by atoms with van der Waals surface area (Å²) in [6.07, 6.45) is 9.26. The van der Waals surface area contributed by atoms with E-state index in [-0.39, 0.29) is 30.4 Å². The largest absolute Gasteiger partial charge is 0.345 e. The van der Waals surface area contributed by atoms with Gasteiger partial charge in [-0.25, -0.2) is 0 Å². The zero-order chi connectivity index (χ0) is 27.8. The van der Waals surface area contributed by atoms with Crippen molar-refractivity contribution >= 4 is 23.4 Å². The minimum atomic E-state index is -0.0777. The van der Waals surface area contributed by atoms with Crippen LogP contribution in [0.2, 0.25) is 5.02 Å². The Bertz CT molecular complexity index is 1230. The third-order valence-corrected chi connectivity index (χ3v) is 8.56. The zero-order valence-electron chi connectivity index (χ0n) is 23.6. The molecule has 0 spiro atoms. The first kappa shape index (κ1) is 28.9. The number of carbonyl (C=O) groups excluding carboxylic acids is 2. The van der Waals surface area contributed by atoms with Crippen LogP contribution in [0.15, 0.2) is 66.9 Å². The third-order valence-electron chi connectivity index (χ3n) is 8.19. The lowest BCUT2D eigenvalue weighted by Crippen LogP contribution is -2.49. The van der Waals surface area contributed by atoms with Crippen LogP contribution in [-0.2, 0) is 24.3 Å². The van der Waals surface area contributed by atoms with Crippen molar-refractivity contribution in [1.29, 1.82) is 0 Å². The van der Waals surface area contributed by atoms with Gasteiger partial charge in [0.25, 0.3) is 5.91 Å². The maximum atomic E-state index is 14.1. The number of amides is 2. The summed E-state index contributed by atoms with van der Waals surface area (Å²) in [5, 5.41) is 0.743. The Kier molecular flexibility index (Phi) is 10.3. The Morgan fingerprint density at radius 3 is 2.36 bits per heavy atom.